The molecule has 1 atom stereocenters. The molecule has 2 rings (SSSR count). The largest absolute Gasteiger partial charge is 0.480 e. The van der Waals surface area contributed by atoms with Crippen molar-refractivity contribution in [2.24, 2.45) is 5.92 Å². The molecular weight excluding hydrogens is 234 g/mol. The second kappa shape index (κ2) is 4.25. The number of amides is 2. The smallest absolute Gasteiger partial charge is 0.327 e. The third-order valence-corrected chi connectivity index (χ3v) is 2.80. The summed E-state index contributed by atoms with van der Waals surface area (Å²) in [6.07, 6.45) is 0. The van der Waals surface area contributed by atoms with E-state index in [4.69, 9.17) is 1.37 Å². The molecule has 5 heteroatoms. The quantitative estimate of drug-likeness (QED) is 0.820. The zero-order valence-electron chi connectivity index (χ0n) is 11.0. The van der Waals surface area contributed by atoms with Gasteiger partial charge in [0.15, 0.2) is 0 Å². The molecule has 0 radical (unpaired) electrons. The molecule has 0 bridgehead atoms. The fraction of sp³-hybridized carbons (Fsp3) is 0.308. The van der Waals surface area contributed by atoms with Gasteiger partial charge in [-0.2, -0.15) is 0 Å². The van der Waals surface area contributed by atoms with Crippen LogP contribution in [0, 0.1) is 5.92 Å². The van der Waals surface area contributed by atoms with E-state index in [9.17, 15) is 19.5 Å². The van der Waals surface area contributed by atoms with Crippen molar-refractivity contribution in [2.45, 2.75) is 19.9 Å². The van der Waals surface area contributed by atoms with Gasteiger partial charge in [0.1, 0.15) is 6.02 Å². The van der Waals surface area contributed by atoms with Gasteiger partial charge >= 0.3 is 5.97 Å². The molecule has 1 aliphatic heterocycles. The van der Waals surface area contributed by atoms with Gasteiger partial charge in [-0.25, -0.2) is 4.79 Å². The number of carboxylic acid groups (broad SMARTS) is 1. The number of carbonyl (C=O) groups excluding carboxylic acids is 2. The first-order valence-corrected chi connectivity index (χ1v) is 5.53. The Morgan fingerprint density at radius 3 is 2.00 bits per heavy atom. The molecule has 1 heterocycles. The Labute approximate surface area is 105 Å². The molecule has 1 aliphatic rings. The number of benzene rings is 1. The topological polar surface area (TPSA) is 74.7 Å². The lowest BCUT2D eigenvalue weighted by Gasteiger charge is -2.25. The van der Waals surface area contributed by atoms with Crippen molar-refractivity contribution in [3.63, 3.8) is 0 Å². The Bertz CT molecular complexity index is 549. The van der Waals surface area contributed by atoms with Crippen LogP contribution >= 0.6 is 0 Å². The molecule has 5 nitrogen and oxygen atoms in total. The van der Waals surface area contributed by atoms with Crippen molar-refractivity contribution in [1.29, 1.82) is 0 Å². The normalized spacial score (nSPS) is 18.6. The molecule has 1 aromatic rings. The molecule has 0 fully saturated rings. The fourth-order valence-corrected chi connectivity index (χ4v) is 2.01. The first kappa shape index (κ1) is 11.0. The van der Waals surface area contributed by atoms with Crippen molar-refractivity contribution in [2.75, 3.05) is 0 Å². The molecule has 0 saturated carbocycles. The SMILES string of the molecule is [2H]C(C(=O)O)(C(C)C)N1C(=O)c2ccccc2C1=O. The van der Waals surface area contributed by atoms with E-state index in [0.29, 0.717) is 4.90 Å². The number of nitrogens with zero attached hydrogens (tertiary/aromatic N) is 1. The second-order valence-corrected chi connectivity index (χ2v) is 4.34. The number of rotatable bonds is 3. The van der Waals surface area contributed by atoms with Crippen LogP contribution in [0.1, 0.15) is 35.9 Å². The molecule has 18 heavy (non-hydrogen) atoms. The fourth-order valence-electron chi connectivity index (χ4n) is 2.01. The van der Waals surface area contributed by atoms with Crippen molar-refractivity contribution >= 4 is 17.8 Å². The van der Waals surface area contributed by atoms with Crippen LogP contribution in [0.15, 0.2) is 24.3 Å². The zero-order valence-corrected chi connectivity index (χ0v) is 10.0. The minimum Gasteiger partial charge on any atom is -0.480 e. The van der Waals surface area contributed by atoms with Gasteiger partial charge in [-0.05, 0) is 18.1 Å². The Kier molecular flexibility index (Phi) is 2.59. The van der Waals surface area contributed by atoms with Crippen LogP contribution in [0.25, 0.3) is 0 Å². The maximum atomic E-state index is 12.2. The Morgan fingerprint density at radius 1 is 1.22 bits per heavy atom. The summed E-state index contributed by atoms with van der Waals surface area (Å²) in [6.45, 7) is 2.98. The standard InChI is InChI=1S/C13H13NO4/c1-7(2)10(13(17)18)14-11(15)8-5-3-4-6-9(8)12(14)16/h3-7,10H,1-2H3,(H,17,18)/i10D. The number of carbonyl (C=O) groups is 3. The lowest BCUT2D eigenvalue weighted by molar-refractivity contribution is -0.143. The van der Waals surface area contributed by atoms with Gasteiger partial charge in [0, 0.05) is 0 Å². The van der Waals surface area contributed by atoms with E-state index in [2.05, 4.69) is 0 Å². The summed E-state index contributed by atoms with van der Waals surface area (Å²) >= 11 is 0. The van der Waals surface area contributed by atoms with Gasteiger partial charge in [-0.1, -0.05) is 26.0 Å². The molecule has 1 N–H and O–H groups in total. The van der Waals surface area contributed by atoms with Crippen LogP contribution in [0.4, 0.5) is 0 Å². The number of hydrogen-bond acceptors (Lipinski definition) is 3. The monoisotopic (exact) mass is 248 g/mol. The maximum absolute atomic E-state index is 12.2. The summed E-state index contributed by atoms with van der Waals surface area (Å²) in [4.78, 5) is 36.3. The van der Waals surface area contributed by atoms with Crippen LogP contribution in [0.5, 0.6) is 0 Å². The lowest BCUT2D eigenvalue weighted by atomic mass is 10.0. The van der Waals surface area contributed by atoms with E-state index in [0.717, 1.165) is 0 Å². The van der Waals surface area contributed by atoms with Crippen LogP contribution in [-0.4, -0.2) is 33.8 Å². The van der Waals surface area contributed by atoms with Gasteiger partial charge in [0.05, 0.1) is 12.5 Å². The number of carboxylic acids is 1. The average Bonchev–Trinajstić information content (AvgIpc) is 2.61. The average molecular weight is 248 g/mol. The summed E-state index contributed by atoms with van der Waals surface area (Å²) < 4.78 is 8.05. The Morgan fingerprint density at radius 2 is 1.67 bits per heavy atom. The summed E-state index contributed by atoms with van der Waals surface area (Å²) in [5, 5.41) is 9.24. The molecule has 0 saturated heterocycles. The predicted octanol–water partition coefficient (Wildman–Crippen LogP) is 1.39. The highest BCUT2D eigenvalue weighted by atomic mass is 16.4. The third-order valence-electron chi connectivity index (χ3n) is 2.80. The summed E-state index contributed by atoms with van der Waals surface area (Å²) in [7, 11) is 0. The number of imide groups is 1. The van der Waals surface area contributed by atoms with E-state index < -0.39 is 29.7 Å². The number of hydrogen-bond donors (Lipinski definition) is 1. The Hall–Kier alpha value is -2.17. The lowest BCUT2D eigenvalue weighted by Crippen LogP contribution is -2.47. The van der Waals surface area contributed by atoms with Gasteiger partial charge < -0.3 is 5.11 Å². The van der Waals surface area contributed by atoms with Gasteiger partial charge in [-0.15, -0.1) is 0 Å². The first-order valence-electron chi connectivity index (χ1n) is 6.03. The molecule has 1 unspecified atom stereocenters. The van der Waals surface area contributed by atoms with Crippen LogP contribution in [-0.2, 0) is 4.79 Å². The zero-order chi connectivity index (χ0) is 14.4. The number of fused-ring (bicyclic) bond motifs is 1. The molecule has 94 valence electrons. The second-order valence-electron chi connectivity index (χ2n) is 4.34. The number of aliphatic carboxylic acids is 1. The highest BCUT2D eigenvalue weighted by Gasteiger charge is 2.43. The van der Waals surface area contributed by atoms with Crippen molar-refractivity contribution in [3.8, 4) is 0 Å². The minimum absolute atomic E-state index is 0.144. The van der Waals surface area contributed by atoms with E-state index in [1.54, 1.807) is 12.1 Å². The van der Waals surface area contributed by atoms with Gasteiger partial charge in [0.25, 0.3) is 11.8 Å². The molecule has 1 aromatic carbocycles. The Balaban J connectivity index is 2.58. The molecule has 0 aliphatic carbocycles. The highest BCUT2D eigenvalue weighted by molar-refractivity contribution is 6.22. The molecular formula is C13H13NO4. The molecule has 2 amide bonds. The van der Waals surface area contributed by atoms with Crippen molar-refractivity contribution in [1.82, 2.24) is 4.90 Å². The van der Waals surface area contributed by atoms with E-state index in [1.165, 1.54) is 26.0 Å². The highest BCUT2D eigenvalue weighted by Crippen LogP contribution is 2.26. The van der Waals surface area contributed by atoms with Crippen molar-refractivity contribution in [3.05, 3.63) is 35.4 Å². The minimum atomic E-state index is -2.30. The first-order chi connectivity index (χ1) is 8.81. The van der Waals surface area contributed by atoms with Gasteiger partial charge in [-0.3, -0.25) is 14.5 Å². The summed E-state index contributed by atoms with van der Waals surface area (Å²) in [6, 6.07) is 3.80. The van der Waals surface area contributed by atoms with E-state index >= 15 is 0 Å². The third kappa shape index (κ3) is 1.68. The van der Waals surface area contributed by atoms with Crippen LogP contribution in [0.3, 0.4) is 0 Å². The summed E-state index contributed by atoms with van der Waals surface area (Å²) in [5.41, 5.74) is 0.289. The summed E-state index contributed by atoms with van der Waals surface area (Å²) in [5.74, 6) is -3.71. The van der Waals surface area contributed by atoms with E-state index in [1.807, 2.05) is 0 Å². The maximum Gasteiger partial charge on any atom is 0.327 e. The van der Waals surface area contributed by atoms with Gasteiger partial charge in [0.2, 0.25) is 0 Å². The van der Waals surface area contributed by atoms with Crippen LogP contribution in [0.2, 0.25) is 0 Å². The van der Waals surface area contributed by atoms with E-state index in [-0.39, 0.29) is 11.1 Å². The van der Waals surface area contributed by atoms with Crippen LogP contribution < -0.4 is 0 Å². The molecule has 0 spiro atoms. The molecule has 0 aromatic heterocycles. The predicted molar refractivity (Wildman–Crippen MR) is 63.2 cm³/mol. The van der Waals surface area contributed by atoms with Crippen molar-refractivity contribution < 1.29 is 20.9 Å².